The third kappa shape index (κ3) is 9.16. The van der Waals surface area contributed by atoms with E-state index in [4.69, 9.17) is 4.74 Å². The van der Waals surface area contributed by atoms with Crippen LogP contribution in [0.4, 0.5) is 34.1 Å². The highest BCUT2D eigenvalue weighted by Gasteiger charge is 2.18. The Morgan fingerprint density at radius 2 is 0.767 bits per heavy atom. The van der Waals surface area contributed by atoms with Crippen molar-refractivity contribution in [2.75, 3.05) is 16.9 Å². The van der Waals surface area contributed by atoms with Crippen LogP contribution in [0, 0.1) is 13.8 Å². The Morgan fingerprint density at radius 3 is 1.12 bits per heavy atom. The van der Waals surface area contributed by atoms with Crippen LogP contribution < -0.4 is 14.5 Å². The van der Waals surface area contributed by atoms with Crippen LogP contribution in [0.5, 0.6) is 5.75 Å². The van der Waals surface area contributed by atoms with Crippen molar-refractivity contribution in [2.24, 2.45) is 0 Å². The number of rotatable bonds is 13. The average molecular weight is 781 g/mol. The molecule has 0 heterocycles. The highest BCUT2D eigenvalue weighted by Crippen LogP contribution is 2.41. The van der Waals surface area contributed by atoms with Gasteiger partial charge in [0.25, 0.3) is 0 Å². The molecule has 4 nitrogen and oxygen atoms in total. The number of anilines is 6. The number of aliphatic hydroxyl groups is 1. The van der Waals surface area contributed by atoms with Crippen molar-refractivity contribution in [1.82, 2.24) is 0 Å². The van der Waals surface area contributed by atoms with Gasteiger partial charge in [-0.1, -0.05) is 133 Å². The van der Waals surface area contributed by atoms with Crippen LogP contribution in [0.2, 0.25) is 0 Å². The summed E-state index contributed by atoms with van der Waals surface area (Å²) >= 11 is 0. The van der Waals surface area contributed by atoms with Gasteiger partial charge in [-0.3, -0.25) is 0 Å². The fraction of sp³-hybridized carbons (Fsp3) is 0.0714. The summed E-state index contributed by atoms with van der Waals surface area (Å²) in [6.45, 7) is 4.45. The molecule has 60 heavy (non-hydrogen) atoms. The van der Waals surface area contributed by atoms with E-state index in [2.05, 4.69) is 206 Å². The Kier molecular flexibility index (Phi) is 12.1. The second-order valence-electron chi connectivity index (χ2n) is 14.9. The zero-order valence-corrected chi connectivity index (χ0v) is 34.2. The predicted octanol–water partition coefficient (Wildman–Crippen LogP) is 14.8. The Morgan fingerprint density at radius 1 is 0.417 bits per heavy atom. The highest BCUT2D eigenvalue weighted by atomic mass is 16.5. The fourth-order valence-electron chi connectivity index (χ4n) is 7.48. The average Bonchev–Trinajstić information content (AvgIpc) is 3.30. The van der Waals surface area contributed by atoms with Gasteiger partial charge in [-0.25, -0.2) is 0 Å². The summed E-state index contributed by atoms with van der Waals surface area (Å²) in [5.74, 6) is 0.853. The zero-order chi connectivity index (χ0) is 41.3. The molecule has 0 fully saturated rings. The van der Waals surface area contributed by atoms with E-state index in [0.29, 0.717) is 0 Å². The molecule has 0 unspecified atom stereocenters. The first-order valence-electron chi connectivity index (χ1n) is 20.3. The first-order valence-corrected chi connectivity index (χ1v) is 20.3. The lowest BCUT2D eigenvalue weighted by Crippen LogP contribution is -2.11. The van der Waals surface area contributed by atoms with Gasteiger partial charge in [0.1, 0.15) is 5.75 Å². The molecular weight excluding hydrogens is 733 g/mol. The number of hydrogen-bond acceptors (Lipinski definition) is 4. The molecule has 8 aromatic carbocycles. The maximum atomic E-state index is 9.38. The van der Waals surface area contributed by atoms with E-state index in [1.54, 1.807) is 7.11 Å². The smallest absolute Gasteiger partial charge is 0.118 e. The minimum Gasteiger partial charge on any atom is -0.497 e. The highest BCUT2D eigenvalue weighted by molar-refractivity contribution is 5.84. The number of aryl methyl sites for hydroxylation is 2. The van der Waals surface area contributed by atoms with Crippen molar-refractivity contribution in [2.45, 2.75) is 20.5 Å². The lowest BCUT2D eigenvalue weighted by Gasteiger charge is -2.28. The monoisotopic (exact) mass is 780 g/mol. The zero-order valence-electron chi connectivity index (χ0n) is 34.2. The van der Waals surface area contributed by atoms with Crippen molar-refractivity contribution in [3.05, 3.63) is 233 Å². The molecule has 0 saturated carbocycles. The largest absolute Gasteiger partial charge is 0.497 e. The summed E-state index contributed by atoms with van der Waals surface area (Å²) in [7, 11) is 1.69. The van der Waals surface area contributed by atoms with E-state index < -0.39 is 0 Å². The second-order valence-corrected chi connectivity index (χ2v) is 14.9. The molecule has 0 bridgehead atoms. The van der Waals surface area contributed by atoms with Crippen molar-refractivity contribution in [3.8, 4) is 16.9 Å². The molecule has 8 rings (SSSR count). The number of para-hydroxylation sites is 2. The number of methoxy groups -OCH3 is 1. The van der Waals surface area contributed by atoms with E-state index in [1.807, 2.05) is 36.4 Å². The van der Waals surface area contributed by atoms with Gasteiger partial charge in [-0.15, -0.1) is 0 Å². The maximum Gasteiger partial charge on any atom is 0.118 e. The van der Waals surface area contributed by atoms with E-state index in [-0.39, 0.29) is 6.61 Å². The molecular formula is C56H48N2O2. The van der Waals surface area contributed by atoms with E-state index in [1.165, 1.54) is 22.3 Å². The van der Waals surface area contributed by atoms with Crippen LogP contribution in [0.15, 0.2) is 194 Å². The lowest BCUT2D eigenvalue weighted by atomic mass is 9.98. The minimum atomic E-state index is 0.0511. The van der Waals surface area contributed by atoms with Crippen LogP contribution in [0.1, 0.15) is 38.9 Å². The molecule has 0 saturated heterocycles. The van der Waals surface area contributed by atoms with Gasteiger partial charge in [0.15, 0.2) is 0 Å². The van der Waals surface area contributed by atoms with Crippen molar-refractivity contribution >= 4 is 58.4 Å². The van der Waals surface area contributed by atoms with Crippen molar-refractivity contribution in [3.63, 3.8) is 0 Å². The molecule has 4 heteroatoms. The Bertz CT molecular complexity index is 2510. The third-order valence-electron chi connectivity index (χ3n) is 10.8. The van der Waals surface area contributed by atoms with Gasteiger partial charge >= 0.3 is 0 Å². The summed E-state index contributed by atoms with van der Waals surface area (Å²) in [6.07, 6.45) is 8.49. The molecule has 0 aliphatic heterocycles. The van der Waals surface area contributed by atoms with Gasteiger partial charge in [0.2, 0.25) is 0 Å². The van der Waals surface area contributed by atoms with Crippen LogP contribution in [0.3, 0.4) is 0 Å². The summed E-state index contributed by atoms with van der Waals surface area (Å²) in [5, 5.41) is 9.38. The summed E-state index contributed by atoms with van der Waals surface area (Å²) in [4.78, 5) is 4.66. The SMILES string of the molecule is COc1ccc(C=Cc2ccc(N(c3ccccc3)c3ccc(-c4ccc(N(c5ccccc5)c5ccc(C=Cc6ccc(CO)cc6)cc5)c(C)c4)cc3C)cc2)cc1. The van der Waals surface area contributed by atoms with E-state index in [0.717, 1.165) is 67.7 Å². The van der Waals surface area contributed by atoms with E-state index in [9.17, 15) is 5.11 Å². The van der Waals surface area contributed by atoms with Gasteiger partial charge in [0.05, 0.1) is 13.7 Å². The van der Waals surface area contributed by atoms with Gasteiger partial charge in [-0.05, 0) is 149 Å². The van der Waals surface area contributed by atoms with Gasteiger partial charge in [0, 0.05) is 34.1 Å². The molecule has 0 aliphatic rings. The van der Waals surface area contributed by atoms with Crippen LogP contribution in [0.25, 0.3) is 35.4 Å². The first kappa shape index (κ1) is 39.4. The Balaban J connectivity index is 1.05. The molecule has 0 aromatic heterocycles. The summed E-state index contributed by atoms with van der Waals surface area (Å²) in [6, 6.07) is 68.1. The molecule has 0 radical (unpaired) electrons. The predicted molar refractivity (Wildman–Crippen MR) is 254 cm³/mol. The number of nitrogens with zero attached hydrogens (tertiary/aromatic N) is 2. The van der Waals surface area contributed by atoms with Crippen LogP contribution >= 0.6 is 0 Å². The molecule has 8 aromatic rings. The molecule has 0 amide bonds. The second kappa shape index (κ2) is 18.5. The minimum absolute atomic E-state index is 0.0511. The molecule has 0 spiro atoms. The normalized spacial score (nSPS) is 11.3. The standard InChI is InChI=1S/C56H48N2O2/c1-41-38-48(28-36-55(41)57(50-10-6-4-7-11-50)52-30-22-44(23-31-52)15-14-43-18-20-47(40-59)21-19-43)49-29-37-56(42(2)39-49)58(51-12-8-5-9-13-51)53-32-24-45(25-33-53)16-17-46-26-34-54(60-3)35-27-46/h4-39,59H,40H2,1-3H3. The maximum absolute atomic E-state index is 9.38. The summed E-state index contributed by atoms with van der Waals surface area (Å²) < 4.78 is 5.31. The molecule has 294 valence electrons. The molecule has 1 N–H and O–H groups in total. The Hall–Kier alpha value is -7.40. The topological polar surface area (TPSA) is 35.9 Å². The van der Waals surface area contributed by atoms with Crippen LogP contribution in [-0.4, -0.2) is 12.2 Å². The third-order valence-corrected chi connectivity index (χ3v) is 10.8. The summed E-state index contributed by atoms with van der Waals surface area (Å²) in [5.41, 5.74) is 16.7. The quantitative estimate of drug-likeness (QED) is 0.118. The van der Waals surface area contributed by atoms with Gasteiger partial charge in [-0.2, -0.15) is 0 Å². The van der Waals surface area contributed by atoms with E-state index >= 15 is 0 Å². The number of aliphatic hydroxyl groups excluding tert-OH is 1. The van der Waals surface area contributed by atoms with Crippen molar-refractivity contribution < 1.29 is 9.84 Å². The number of ether oxygens (including phenoxy) is 1. The molecule has 0 atom stereocenters. The van der Waals surface area contributed by atoms with Crippen molar-refractivity contribution in [1.29, 1.82) is 0 Å². The first-order chi connectivity index (χ1) is 29.4. The molecule has 0 aliphatic carbocycles. The fourth-order valence-corrected chi connectivity index (χ4v) is 7.48. The van der Waals surface area contributed by atoms with Gasteiger partial charge < -0.3 is 19.6 Å². The Labute approximate surface area is 354 Å². The lowest BCUT2D eigenvalue weighted by molar-refractivity contribution is 0.282. The van der Waals surface area contributed by atoms with Crippen LogP contribution in [-0.2, 0) is 6.61 Å². The number of hydrogen-bond donors (Lipinski definition) is 1. The number of benzene rings is 8.